The molecule has 1 unspecified atom stereocenters. The smallest absolute Gasteiger partial charge is 0.224 e. The van der Waals surface area contributed by atoms with Crippen LogP contribution in [0.3, 0.4) is 0 Å². The van der Waals surface area contributed by atoms with Crippen LogP contribution in [0.25, 0.3) is 17.2 Å². The Morgan fingerprint density at radius 3 is 2.58 bits per heavy atom. The number of hydrogen-bond acceptors (Lipinski definition) is 4. The lowest BCUT2D eigenvalue weighted by Crippen LogP contribution is -2.46. The Morgan fingerprint density at radius 2 is 1.88 bits per heavy atom. The molecule has 1 aliphatic carbocycles. The second-order valence-electron chi connectivity index (χ2n) is 8.49. The number of allylic oxidation sites excluding steroid dienone is 2. The van der Waals surface area contributed by atoms with Crippen LogP contribution < -0.4 is 10.6 Å². The second-order valence-corrected chi connectivity index (χ2v) is 9.87. The van der Waals surface area contributed by atoms with E-state index in [0.29, 0.717) is 6.54 Å². The van der Waals surface area contributed by atoms with Crippen molar-refractivity contribution in [2.45, 2.75) is 18.2 Å². The van der Waals surface area contributed by atoms with Gasteiger partial charge in [0.05, 0.1) is 6.42 Å². The van der Waals surface area contributed by atoms with Crippen molar-refractivity contribution in [3.8, 4) is 0 Å². The first-order valence-electron chi connectivity index (χ1n) is 11.3. The molecule has 2 aliphatic rings. The highest BCUT2D eigenvalue weighted by Crippen LogP contribution is 2.43. The number of nitrogens with one attached hydrogen (secondary N) is 2. The van der Waals surface area contributed by atoms with Crippen LogP contribution in [0.15, 0.2) is 52.9 Å². The van der Waals surface area contributed by atoms with Crippen molar-refractivity contribution in [3.63, 3.8) is 0 Å². The molecule has 1 aliphatic heterocycles. The number of amides is 1. The summed E-state index contributed by atoms with van der Waals surface area (Å²) in [6.07, 6.45) is 3.92. The summed E-state index contributed by atoms with van der Waals surface area (Å²) in [6, 6.07) is 12.3. The van der Waals surface area contributed by atoms with Gasteiger partial charge in [0.15, 0.2) is 0 Å². The Kier molecular flexibility index (Phi) is 7.53. The molecule has 0 bridgehead atoms. The third-order valence-corrected chi connectivity index (χ3v) is 7.21. The zero-order valence-corrected chi connectivity index (χ0v) is 19.9. The van der Waals surface area contributed by atoms with Gasteiger partial charge in [-0.2, -0.15) is 0 Å². The van der Waals surface area contributed by atoms with Crippen LogP contribution in [0, 0.1) is 5.82 Å². The Balaban J connectivity index is 1.52. The van der Waals surface area contributed by atoms with Gasteiger partial charge in [0.2, 0.25) is 5.91 Å². The van der Waals surface area contributed by atoms with Crippen LogP contribution in [0.4, 0.5) is 4.39 Å². The molecular formula is C26H30FN3O2S. The van der Waals surface area contributed by atoms with Crippen molar-refractivity contribution in [2.24, 2.45) is 0 Å². The lowest BCUT2D eigenvalue weighted by atomic mass is 10.0. The molecular weight excluding hydrogens is 437 g/mol. The molecule has 0 saturated carbocycles. The number of carbonyl (C=O) groups is 1. The quantitative estimate of drug-likeness (QED) is 0.656. The van der Waals surface area contributed by atoms with E-state index in [9.17, 15) is 13.4 Å². The van der Waals surface area contributed by atoms with Crippen molar-refractivity contribution in [3.05, 3.63) is 70.5 Å². The summed E-state index contributed by atoms with van der Waals surface area (Å²) < 4.78 is 25.8. The molecule has 1 fully saturated rings. The predicted octanol–water partition coefficient (Wildman–Crippen LogP) is 3.30. The van der Waals surface area contributed by atoms with Crippen LogP contribution in [0.1, 0.15) is 30.0 Å². The van der Waals surface area contributed by atoms with Gasteiger partial charge in [-0.05, 0) is 70.7 Å². The SMILES string of the molecule is CC1=C(CC(=O)NCCN2CCNCC2)c2cc(F)ccc2/C1=C/c1ccc(S(C)=O)cc1. The van der Waals surface area contributed by atoms with Gasteiger partial charge in [0, 0.05) is 61.2 Å². The summed E-state index contributed by atoms with van der Waals surface area (Å²) in [5, 5.41) is 6.35. The van der Waals surface area contributed by atoms with E-state index in [1.54, 1.807) is 12.3 Å². The summed E-state index contributed by atoms with van der Waals surface area (Å²) in [5.74, 6) is -0.361. The summed E-state index contributed by atoms with van der Waals surface area (Å²) in [7, 11) is -1.03. The van der Waals surface area contributed by atoms with Gasteiger partial charge in [-0.1, -0.05) is 18.2 Å². The minimum Gasteiger partial charge on any atom is -0.355 e. The fourth-order valence-electron chi connectivity index (χ4n) is 4.41. The summed E-state index contributed by atoms with van der Waals surface area (Å²) in [5.41, 5.74) is 5.51. The van der Waals surface area contributed by atoms with Crippen LogP contribution >= 0.6 is 0 Å². The second kappa shape index (κ2) is 10.5. The van der Waals surface area contributed by atoms with E-state index < -0.39 is 10.8 Å². The van der Waals surface area contributed by atoms with E-state index in [4.69, 9.17) is 0 Å². The summed E-state index contributed by atoms with van der Waals surface area (Å²) in [4.78, 5) is 15.8. The zero-order valence-electron chi connectivity index (χ0n) is 19.1. The summed E-state index contributed by atoms with van der Waals surface area (Å²) >= 11 is 0. The van der Waals surface area contributed by atoms with E-state index in [1.807, 2.05) is 37.3 Å². The fraction of sp³-hybridized carbons (Fsp3) is 0.346. The Hall–Kier alpha value is -2.61. The van der Waals surface area contributed by atoms with Gasteiger partial charge in [0.25, 0.3) is 0 Å². The molecule has 4 rings (SSSR count). The van der Waals surface area contributed by atoms with Gasteiger partial charge in [-0.15, -0.1) is 0 Å². The van der Waals surface area contributed by atoms with E-state index in [1.165, 1.54) is 12.1 Å². The van der Waals surface area contributed by atoms with Gasteiger partial charge in [0.1, 0.15) is 5.82 Å². The van der Waals surface area contributed by atoms with Crippen molar-refractivity contribution in [1.82, 2.24) is 15.5 Å². The maximum absolute atomic E-state index is 14.1. The van der Waals surface area contributed by atoms with E-state index in [2.05, 4.69) is 15.5 Å². The molecule has 5 nitrogen and oxygen atoms in total. The number of hydrogen-bond donors (Lipinski definition) is 2. The molecule has 2 N–H and O–H groups in total. The van der Waals surface area contributed by atoms with Crippen LogP contribution in [-0.2, 0) is 15.6 Å². The number of halogens is 1. The largest absolute Gasteiger partial charge is 0.355 e. The normalized spacial score (nSPS) is 18.5. The van der Waals surface area contributed by atoms with Crippen LogP contribution in [0.2, 0.25) is 0 Å². The lowest BCUT2D eigenvalue weighted by Gasteiger charge is -2.27. The van der Waals surface area contributed by atoms with Crippen molar-refractivity contribution < 1.29 is 13.4 Å². The van der Waals surface area contributed by atoms with E-state index in [-0.39, 0.29) is 18.1 Å². The monoisotopic (exact) mass is 467 g/mol. The number of benzene rings is 2. The predicted molar refractivity (Wildman–Crippen MR) is 133 cm³/mol. The average Bonchev–Trinajstić information content (AvgIpc) is 3.05. The molecule has 0 spiro atoms. The molecule has 2 aromatic rings. The third kappa shape index (κ3) is 5.66. The number of nitrogens with zero attached hydrogens (tertiary/aromatic N) is 1. The highest BCUT2D eigenvalue weighted by Gasteiger charge is 2.25. The molecule has 1 atom stereocenters. The first kappa shape index (κ1) is 23.5. The molecule has 33 heavy (non-hydrogen) atoms. The fourth-order valence-corrected chi connectivity index (χ4v) is 4.93. The van der Waals surface area contributed by atoms with Crippen molar-refractivity contribution in [2.75, 3.05) is 45.5 Å². The Bertz CT molecular complexity index is 1120. The maximum Gasteiger partial charge on any atom is 0.224 e. The van der Waals surface area contributed by atoms with Crippen LogP contribution in [-0.4, -0.2) is 60.5 Å². The molecule has 0 aromatic heterocycles. The number of fused-ring (bicyclic) bond motifs is 1. The molecule has 1 saturated heterocycles. The first-order valence-corrected chi connectivity index (χ1v) is 12.8. The molecule has 174 valence electrons. The molecule has 0 radical (unpaired) electrons. The first-order chi connectivity index (χ1) is 15.9. The highest BCUT2D eigenvalue weighted by atomic mass is 32.2. The Morgan fingerprint density at radius 1 is 1.15 bits per heavy atom. The van der Waals surface area contributed by atoms with Gasteiger partial charge < -0.3 is 10.6 Å². The number of rotatable bonds is 7. The average molecular weight is 468 g/mol. The van der Waals surface area contributed by atoms with Crippen LogP contribution in [0.5, 0.6) is 0 Å². The minimum absolute atomic E-state index is 0.0503. The maximum atomic E-state index is 14.1. The number of carbonyl (C=O) groups excluding carboxylic acids is 1. The van der Waals surface area contributed by atoms with Gasteiger partial charge in [-0.25, -0.2) is 4.39 Å². The van der Waals surface area contributed by atoms with E-state index in [0.717, 1.165) is 71.0 Å². The minimum atomic E-state index is -1.03. The lowest BCUT2D eigenvalue weighted by molar-refractivity contribution is -0.120. The van der Waals surface area contributed by atoms with Crippen molar-refractivity contribution in [1.29, 1.82) is 0 Å². The van der Waals surface area contributed by atoms with Crippen molar-refractivity contribution >= 4 is 33.9 Å². The standard InChI is InChI=1S/C26H30FN3O2S/c1-18-23(15-19-3-6-21(7-4-19)33(2)32)22-8-5-20(27)16-25(22)24(18)17-26(31)29-11-14-30-12-9-28-10-13-30/h3-8,15-16,28H,9-14,17H2,1-2H3,(H,29,31)/b23-15+. The molecule has 2 aromatic carbocycles. The molecule has 1 amide bonds. The zero-order chi connectivity index (χ0) is 23.4. The topological polar surface area (TPSA) is 61.4 Å². The number of piperazine rings is 1. The van der Waals surface area contributed by atoms with Gasteiger partial charge >= 0.3 is 0 Å². The third-order valence-electron chi connectivity index (χ3n) is 6.27. The summed E-state index contributed by atoms with van der Waals surface area (Å²) in [6.45, 7) is 7.39. The molecule has 7 heteroatoms. The Labute approximate surface area is 197 Å². The van der Waals surface area contributed by atoms with E-state index >= 15 is 0 Å². The molecule has 1 heterocycles. The highest BCUT2D eigenvalue weighted by molar-refractivity contribution is 7.84. The van der Waals surface area contributed by atoms with Gasteiger partial charge in [-0.3, -0.25) is 13.9 Å².